The first-order valence-electron chi connectivity index (χ1n) is 6.99. The molecule has 1 amide bonds. The molecule has 0 atom stereocenters. The van der Waals surface area contributed by atoms with Crippen molar-refractivity contribution in [3.8, 4) is 0 Å². The molecule has 3 N–H and O–H groups in total. The van der Waals surface area contributed by atoms with Gasteiger partial charge >= 0.3 is 0 Å². The number of primary sulfonamides is 1. The topological polar surface area (TPSA) is 89.3 Å². The van der Waals surface area contributed by atoms with Gasteiger partial charge in [-0.1, -0.05) is 42.5 Å². The van der Waals surface area contributed by atoms with Crippen LogP contribution in [0.15, 0.2) is 65.1 Å². The Morgan fingerprint density at radius 3 is 2.26 bits per heavy atom. The number of rotatable bonds is 5. The predicted molar refractivity (Wildman–Crippen MR) is 89.8 cm³/mol. The van der Waals surface area contributed by atoms with Gasteiger partial charge in [-0.15, -0.1) is 0 Å². The summed E-state index contributed by atoms with van der Waals surface area (Å²) < 4.78 is 22.3. The number of benzene rings is 2. The smallest absolute Gasteiger partial charge is 0.247 e. The van der Waals surface area contributed by atoms with Crippen LogP contribution < -0.4 is 10.5 Å². The molecule has 0 spiro atoms. The number of carbonyl (C=O) groups excluding carboxylic acids is 1. The first-order chi connectivity index (χ1) is 10.9. The van der Waals surface area contributed by atoms with Gasteiger partial charge in [0.25, 0.3) is 0 Å². The highest BCUT2D eigenvalue weighted by Crippen LogP contribution is 2.09. The molecule has 0 unspecified atom stereocenters. The van der Waals surface area contributed by atoms with Gasteiger partial charge in [-0.25, -0.2) is 13.6 Å². The van der Waals surface area contributed by atoms with E-state index in [1.54, 1.807) is 25.1 Å². The molecule has 0 bridgehead atoms. The van der Waals surface area contributed by atoms with Crippen molar-refractivity contribution >= 4 is 22.0 Å². The van der Waals surface area contributed by atoms with Crippen LogP contribution in [0.3, 0.4) is 0 Å². The van der Waals surface area contributed by atoms with Crippen LogP contribution in [0.2, 0.25) is 0 Å². The van der Waals surface area contributed by atoms with E-state index in [0.717, 1.165) is 11.1 Å². The normalized spacial score (nSPS) is 12.0. The lowest BCUT2D eigenvalue weighted by Gasteiger charge is -2.06. The van der Waals surface area contributed by atoms with E-state index in [4.69, 9.17) is 5.14 Å². The number of nitrogens with two attached hydrogens (primary N) is 1. The van der Waals surface area contributed by atoms with Gasteiger partial charge in [0, 0.05) is 12.1 Å². The number of carbonyl (C=O) groups is 1. The zero-order valence-electron chi connectivity index (χ0n) is 12.7. The summed E-state index contributed by atoms with van der Waals surface area (Å²) in [6.07, 6.45) is 1.80. The van der Waals surface area contributed by atoms with E-state index < -0.39 is 10.0 Å². The predicted octanol–water partition coefficient (Wildman–Crippen LogP) is 2.05. The number of nitrogens with one attached hydrogen (secondary N) is 1. The monoisotopic (exact) mass is 330 g/mol. The number of hydrogen-bond acceptors (Lipinski definition) is 3. The molecule has 0 radical (unpaired) electrons. The average Bonchev–Trinajstić information content (AvgIpc) is 2.53. The Balaban J connectivity index is 1.98. The number of sulfonamides is 1. The van der Waals surface area contributed by atoms with Crippen molar-refractivity contribution in [2.75, 3.05) is 0 Å². The minimum Gasteiger partial charge on any atom is -0.348 e. The second-order valence-corrected chi connectivity index (χ2v) is 6.67. The maximum absolute atomic E-state index is 12.1. The Hall–Kier alpha value is -2.44. The van der Waals surface area contributed by atoms with Crippen LogP contribution in [-0.2, 0) is 21.4 Å². The summed E-state index contributed by atoms with van der Waals surface area (Å²) in [6.45, 7) is 2.05. The quantitative estimate of drug-likeness (QED) is 0.822. The maximum atomic E-state index is 12.1. The summed E-state index contributed by atoms with van der Waals surface area (Å²) >= 11 is 0. The van der Waals surface area contributed by atoms with Gasteiger partial charge in [-0.05, 0) is 36.3 Å². The summed E-state index contributed by atoms with van der Waals surface area (Å²) in [4.78, 5) is 12.1. The molecule has 0 fully saturated rings. The molecular weight excluding hydrogens is 312 g/mol. The third kappa shape index (κ3) is 5.05. The highest BCUT2D eigenvalue weighted by atomic mass is 32.2. The van der Waals surface area contributed by atoms with Crippen molar-refractivity contribution < 1.29 is 13.2 Å². The molecular formula is C17H18N2O3S. The van der Waals surface area contributed by atoms with E-state index in [-0.39, 0.29) is 10.8 Å². The van der Waals surface area contributed by atoms with Crippen molar-refractivity contribution in [2.45, 2.75) is 18.4 Å². The highest BCUT2D eigenvalue weighted by Gasteiger charge is 2.08. The Labute approximate surface area is 135 Å². The van der Waals surface area contributed by atoms with Crippen molar-refractivity contribution in [3.63, 3.8) is 0 Å². The molecule has 5 nitrogen and oxygen atoms in total. The van der Waals surface area contributed by atoms with Crippen molar-refractivity contribution in [1.82, 2.24) is 5.32 Å². The molecule has 0 aliphatic heterocycles. The Bertz CT molecular complexity index is 811. The molecule has 2 rings (SSSR count). The Morgan fingerprint density at radius 1 is 1.09 bits per heavy atom. The molecule has 0 saturated heterocycles. The van der Waals surface area contributed by atoms with E-state index in [1.165, 1.54) is 12.1 Å². The summed E-state index contributed by atoms with van der Waals surface area (Å²) in [6, 6.07) is 15.6. The Kier molecular flexibility index (Phi) is 5.31. The summed E-state index contributed by atoms with van der Waals surface area (Å²) in [5.74, 6) is -0.177. The van der Waals surface area contributed by atoms with Crippen LogP contribution in [0.4, 0.5) is 0 Å². The fourth-order valence-corrected chi connectivity index (χ4v) is 2.50. The van der Waals surface area contributed by atoms with Crippen LogP contribution in [0, 0.1) is 0 Å². The zero-order chi connectivity index (χ0) is 16.9. The standard InChI is InChI=1S/C17H18N2O3S/c1-13(11-14-5-3-2-4-6-14)17(20)19-12-15-7-9-16(10-8-15)23(18,21)22/h2-11H,12H2,1H3,(H,19,20)(H2,18,21,22). The second kappa shape index (κ2) is 7.21. The number of amides is 1. The molecule has 23 heavy (non-hydrogen) atoms. The molecule has 120 valence electrons. The largest absolute Gasteiger partial charge is 0.348 e. The van der Waals surface area contributed by atoms with Crippen LogP contribution in [0.1, 0.15) is 18.1 Å². The minimum atomic E-state index is -3.70. The molecule has 0 saturated carbocycles. The molecule has 0 heterocycles. The molecule has 2 aromatic carbocycles. The van der Waals surface area contributed by atoms with Gasteiger partial charge in [0.1, 0.15) is 0 Å². The first-order valence-corrected chi connectivity index (χ1v) is 8.54. The second-order valence-electron chi connectivity index (χ2n) is 5.11. The molecule has 0 aliphatic rings. The molecule has 6 heteroatoms. The van der Waals surface area contributed by atoms with Gasteiger partial charge in [0.15, 0.2) is 0 Å². The van der Waals surface area contributed by atoms with Gasteiger partial charge in [-0.3, -0.25) is 4.79 Å². The van der Waals surface area contributed by atoms with Crippen molar-refractivity contribution in [3.05, 3.63) is 71.3 Å². The molecule has 0 aliphatic carbocycles. The Morgan fingerprint density at radius 2 is 1.70 bits per heavy atom. The van der Waals surface area contributed by atoms with Crippen molar-refractivity contribution in [2.24, 2.45) is 5.14 Å². The third-order valence-electron chi connectivity index (χ3n) is 3.25. The number of hydrogen-bond donors (Lipinski definition) is 2. The van der Waals surface area contributed by atoms with E-state index >= 15 is 0 Å². The van der Waals surface area contributed by atoms with Gasteiger partial charge in [-0.2, -0.15) is 0 Å². The fourth-order valence-electron chi connectivity index (χ4n) is 1.98. The highest BCUT2D eigenvalue weighted by molar-refractivity contribution is 7.89. The third-order valence-corrected chi connectivity index (χ3v) is 4.18. The summed E-state index contributed by atoms with van der Waals surface area (Å²) in [5, 5.41) is 7.83. The molecule has 0 aromatic heterocycles. The molecule has 2 aromatic rings. The SMILES string of the molecule is CC(=Cc1ccccc1)C(=O)NCc1ccc(S(N)(=O)=O)cc1. The minimum absolute atomic E-state index is 0.0488. The van der Waals surface area contributed by atoms with Crippen LogP contribution in [-0.4, -0.2) is 14.3 Å². The van der Waals surface area contributed by atoms with E-state index in [2.05, 4.69) is 5.32 Å². The zero-order valence-corrected chi connectivity index (χ0v) is 13.5. The van der Waals surface area contributed by atoms with Crippen LogP contribution in [0.25, 0.3) is 6.08 Å². The van der Waals surface area contributed by atoms with E-state index in [9.17, 15) is 13.2 Å². The van der Waals surface area contributed by atoms with E-state index in [0.29, 0.717) is 12.1 Å². The lowest BCUT2D eigenvalue weighted by atomic mass is 10.1. The average molecular weight is 330 g/mol. The van der Waals surface area contributed by atoms with Gasteiger partial charge < -0.3 is 5.32 Å². The maximum Gasteiger partial charge on any atom is 0.247 e. The van der Waals surface area contributed by atoms with Gasteiger partial charge in [0.05, 0.1) is 4.90 Å². The summed E-state index contributed by atoms with van der Waals surface area (Å²) in [5.41, 5.74) is 2.34. The summed E-state index contributed by atoms with van der Waals surface area (Å²) in [7, 11) is -3.70. The van der Waals surface area contributed by atoms with Crippen LogP contribution in [0.5, 0.6) is 0 Å². The lowest BCUT2D eigenvalue weighted by Crippen LogP contribution is -2.23. The fraction of sp³-hybridized carbons (Fsp3) is 0.118. The van der Waals surface area contributed by atoms with E-state index in [1.807, 2.05) is 30.3 Å². The van der Waals surface area contributed by atoms with Crippen LogP contribution >= 0.6 is 0 Å². The lowest BCUT2D eigenvalue weighted by molar-refractivity contribution is -0.117. The van der Waals surface area contributed by atoms with Gasteiger partial charge in [0.2, 0.25) is 15.9 Å². The van der Waals surface area contributed by atoms with Crippen molar-refractivity contribution in [1.29, 1.82) is 0 Å². The first kappa shape index (κ1) is 16.9.